The molecule has 1 aromatic rings. The van der Waals surface area contributed by atoms with E-state index in [2.05, 4.69) is 37.2 Å². The molecule has 4 nitrogen and oxygen atoms in total. The highest BCUT2D eigenvalue weighted by Crippen LogP contribution is 2.26. The van der Waals surface area contributed by atoms with Gasteiger partial charge in [0.15, 0.2) is 0 Å². The Morgan fingerprint density at radius 2 is 1.95 bits per heavy atom. The van der Waals surface area contributed by atoms with E-state index in [1.165, 1.54) is 0 Å². The van der Waals surface area contributed by atoms with Crippen LogP contribution in [-0.4, -0.2) is 36.2 Å². The van der Waals surface area contributed by atoms with Gasteiger partial charge in [0.05, 0.1) is 17.9 Å². The van der Waals surface area contributed by atoms with Crippen LogP contribution >= 0.6 is 31.9 Å². The molecule has 0 aromatic heterocycles. The first-order chi connectivity index (χ1) is 8.95. The van der Waals surface area contributed by atoms with Crippen molar-refractivity contribution in [2.24, 2.45) is 0 Å². The second-order valence-corrected chi connectivity index (χ2v) is 6.49. The summed E-state index contributed by atoms with van der Waals surface area (Å²) in [4.78, 5) is 14.0. The van der Waals surface area contributed by atoms with Crippen LogP contribution in [-0.2, 0) is 4.74 Å². The van der Waals surface area contributed by atoms with Crippen LogP contribution in [0.25, 0.3) is 0 Å². The van der Waals surface area contributed by atoms with E-state index in [4.69, 9.17) is 4.74 Å². The predicted molar refractivity (Wildman–Crippen MR) is 82.4 cm³/mol. The predicted octanol–water partition coefficient (Wildman–Crippen LogP) is 3.85. The Labute approximate surface area is 129 Å². The smallest absolute Gasteiger partial charge is 0.322 e. The molecule has 0 radical (unpaired) electrons. The third-order valence-corrected chi connectivity index (χ3v) is 4.03. The number of halogens is 2. The molecule has 0 saturated carbocycles. The summed E-state index contributed by atoms with van der Waals surface area (Å²) >= 11 is 6.82. The molecule has 1 fully saturated rings. The number of carbonyl (C=O) groups excluding carboxylic acids is 1. The number of nitrogens with one attached hydrogen (secondary N) is 1. The fourth-order valence-electron chi connectivity index (χ4n) is 2.13. The molecule has 1 N–H and O–H groups in total. The highest BCUT2D eigenvalue weighted by molar-refractivity contribution is 9.11. The van der Waals surface area contributed by atoms with E-state index < -0.39 is 0 Å². The van der Waals surface area contributed by atoms with Crippen molar-refractivity contribution >= 4 is 43.6 Å². The zero-order valence-corrected chi connectivity index (χ0v) is 14.0. The number of rotatable bonds is 1. The summed E-state index contributed by atoms with van der Waals surface area (Å²) in [6.07, 6.45) is 0.144. The summed E-state index contributed by atoms with van der Waals surface area (Å²) in [5.74, 6) is 0. The molecule has 0 bridgehead atoms. The molecule has 0 unspecified atom stereocenters. The van der Waals surface area contributed by atoms with Crippen molar-refractivity contribution in [3.63, 3.8) is 0 Å². The lowest BCUT2D eigenvalue weighted by atomic mass is 10.2. The van der Waals surface area contributed by atoms with Crippen LogP contribution in [0, 0.1) is 0 Å². The highest BCUT2D eigenvalue weighted by atomic mass is 79.9. The van der Waals surface area contributed by atoms with Gasteiger partial charge >= 0.3 is 6.03 Å². The van der Waals surface area contributed by atoms with Crippen LogP contribution in [0.2, 0.25) is 0 Å². The van der Waals surface area contributed by atoms with Crippen LogP contribution in [0.4, 0.5) is 10.5 Å². The van der Waals surface area contributed by atoms with E-state index in [1.807, 2.05) is 32.0 Å². The second kappa shape index (κ2) is 6.24. The minimum absolute atomic E-state index is 0.0721. The van der Waals surface area contributed by atoms with Gasteiger partial charge in [-0.1, -0.05) is 15.9 Å². The molecule has 2 rings (SSSR count). The number of carbonyl (C=O) groups is 1. The highest BCUT2D eigenvalue weighted by Gasteiger charge is 2.26. The van der Waals surface area contributed by atoms with Crippen LogP contribution in [0.1, 0.15) is 13.8 Å². The number of benzene rings is 1. The van der Waals surface area contributed by atoms with E-state index in [0.717, 1.165) is 14.6 Å². The first kappa shape index (κ1) is 14.8. The Kier molecular flexibility index (Phi) is 4.86. The van der Waals surface area contributed by atoms with Gasteiger partial charge in [-0.25, -0.2) is 4.79 Å². The number of anilines is 1. The Bertz CT molecular complexity index is 472. The fraction of sp³-hybridized carbons (Fsp3) is 0.462. The van der Waals surface area contributed by atoms with E-state index in [0.29, 0.717) is 13.1 Å². The van der Waals surface area contributed by atoms with Gasteiger partial charge < -0.3 is 15.0 Å². The van der Waals surface area contributed by atoms with Gasteiger partial charge in [-0.3, -0.25) is 0 Å². The first-order valence-electron chi connectivity index (χ1n) is 6.12. The van der Waals surface area contributed by atoms with Crippen LogP contribution in [0.5, 0.6) is 0 Å². The van der Waals surface area contributed by atoms with E-state index >= 15 is 0 Å². The summed E-state index contributed by atoms with van der Waals surface area (Å²) in [5, 5.41) is 2.91. The molecular weight excluding hydrogens is 376 g/mol. The van der Waals surface area contributed by atoms with Crippen molar-refractivity contribution in [1.82, 2.24) is 4.90 Å². The SMILES string of the molecule is C[C@H]1CN(C(=O)Nc2ccc(Br)cc2Br)C[C@H](C)O1. The van der Waals surface area contributed by atoms with E-state index in [-0.39, 0.29) is 18.2 Å². The van der Waals surface area contributed by atoms with Gasteiger partial charge in [-0.05, 0) is 48.0 Å². The molecule has 2 amide bonds. The topological polar surface area (TPSA) is 41.6 Å². The van der Waals surface area contributed by atoms with E-state index in [1.54, 1.807) is 4.90 Å². The minimum atomic E-state index is -0.0926. The number of nitrogens with zero attached hydrogens (tertiary/aromatic N) is 1. The zero-order chi connectivity index (χ0) is 14.0. The largest absolute Gasteiger partial charge is 0.372 e. The molecule has 1 aliphatic rings. The van der Waals surface area contributed by atoms with Gasteiger partial charge in [-0.15, -0.1) is 0 Å². The zero-order valence-electron chi connectivity index (χ0n) is 10.8. The molecule has 1 saturated heterocycles. The van der Waals surface area contributed by atoms with Crippen molar-refractivity contribution in [3.05, 3.63) is 27.1 Å². The minimum Gasteiger partial charge on any atom is -0.372 e. The van der Waals surface area contributed by atoms with Gasteiger partial charge in [-0.2, -0.15) is 0 Å². The summed E-state index contributed by atoms with van der Waals surface area (Å²) in [6.45, 7) is 5.19. The van der Waals surface area contributed by atoms with Crippen molar-refractivity contribution in [2.45, 2.75) is 26.1 Å². The third kappa shape index (κ3) is 3.94. The van der Waals surface area contributed by atoms with Crippen molar-refractivity contribution in [3.8, 4) is 0 Å². The second-order valence-electron chi connectivity index (χ2n) is 4.72. The average molecular weight is 392 g/mol. The van der Waals surface area contributed by atoms with Crippen molar-refractivity contribution in [1.29, 1.82) is 0 Å². The van der Waals surface area contributed by atoms with Crippen LogP contribution in [0.3, 0.4) is 0 Å². The van der Waals surface area contributed by atoms with Crippen LogP contribution in [0.15, 0.2) is 27.1 Å². The van der Waals surface area contributed by atoms with Crippen molar-refractivity contribution in [2.75, 3.05) is 18.4 Å². The summed E-state index contributed by atoms with van der Waals surface area (Å²) < 4.78 is 7.43. The molecule has 6 heteroatoms. The lowest BCUT2D eigenvalue weighted by Gasteiger charge is -2.35. The normalized spacial score (nSPS) is 23.3. The number of ether oxygens (including phenoxy) is 1. The molecule has 0 spiro atoms. The van der Waals surface area contributed by atoms with Crippen molar-refractivity contribution < 1.29 is 9.53 Å². The van der Waals surface area contributed by atoms with Crippen LogP contribution < -0.4 is 5.32 Å². The van der Waals surface area contributed by atoms with Gasteiger partial charge in [0.2, 0.25) is 0 Å². The lowest BCUT2D eigenvalue weighted by molar-refractivity contribution is -0.0530. The Balaban J connectivity index is 2.04. The molecule has 104 valence electrons. The standard InChI is InChI=1S/C13H16Br2N2O2/c1-8-6-17(7-9(2)19-8)13(18)16-12-4-3-10(14)5-11(12)15/h3-5,8-9H,6-7H2,1-2H3,(H,16,18)/t8-,9-/m0/s1. The molecule has 1 aliphatic heterocycles. The quantitative estimate of drug-likeness (QED) is 0.789. The Morgan fingerprint density at radius 3 is 2.53 bits per heavy atom. The molecule has 1 heterocycles. The Hall–Kier alpha value is -0.590. The number of urea groups is 1. The number of amides is 2. The maximum Gasteiger partial charge on any atom is 0.322 e. The maximum atomic E-state index is 12.2. The summed E-state index contributed by atoms with van der Waals surface area (Å²) in [7, 11) is 0. The first-order valence-corrected chi connectivity index (χ1v) is 7.70. The van der Waals surface area contributed by atoms with Gasteiger partial charge in [0.1, 0.15) is 0 Å². The third-order valence-electron chi connectivity index (χ3n) is 2.88. The summed E-state index contributed by atoms with van der Waals surface area (Å²) in [5.41, 5.74) is 0.764. The Morgan fingerprint density at radius 1 is 1.32 bits per heavy atom. The lowest BCUT2D eigenvalue weighted by Crippen LogP contribution is -2.49. The van der Waals surface area contributed by atoms with Gasteiger partial charge in [0, 0.05) is 22.0 Å². The molecular formula is C13H16Br2N2O2. The molecule has 2 atom stereocenters. The fourth-order valence-corrected chi connectivity index (χ4v) is 3.28. The summed E-state index contributed by atoms with van der Waals surface area (Å²) in [6, 6.07) is 5.56. The van der Waals surface area contributed by atoms with E-state index in [9.17, 15) is 4.79 Å². The van der Waals surface area contributed by atoms with Gasteiger partial charge in [0.25, 0.3) is 0 Å². The molecule has 1 aromatic carbocycles. The molecule has 19 heavy (non-hydrogen) atoms. The number of hydrogen-bond acceptors (Lipinski definition) is 2. The molecule has 0 aliphatic carbocycles. The maximum absolute atomic E-state index is 12.2. The number of hydrogen-bond donors (Lipinski definition) is 1. The average Bonchev–Trinajstić information content (AvgIpc) is 2.31. The number of morpholine rings is 1. The monoisotopic (exact) mass is 390 g/mol.